The van der Waals surface area contributed by atoms with Crippen LogP contribution in [0.2, 0.25) is 0 Å². The topological polar surface area (TPSA) is 69.9 Å². The minimum atomic E-state index is -0.652. The third-order valence-corrected chi connectivity index (χ3v) is 7.87. The van der Waals surface area contributed by atoms with Gasteiger partial charge in [-0.3, -0.25) is 9.36 Å². The third-order valence-electron chi connectivity index (χ3n) is 5.32. The van der Waals surface area contributed by atoms with E-state index >= 15 is 0 Å². The maximum absolute atomic E-state index is 13.8. The molecule has 1 aliphatic rings. The molecule has 2 heterocycles. The highest BCUT2D eigenvalue weighted by Gasteiger charge is 2.33. The fourth-order valence-corrected chi connectivity index (χ4v) is 6.55. The molecule has 1 atom stereocenters. The van der Waals surface area contributed by atoms with E-state index in [-0.39, 0.29) is 12.2 Å². The lowest BCUT2D eigenvalue weighted by atomic mass is 9.96. The molecule has 2 aromatic carbocycles. The van der Waals surface area contributed by atoms with Crippen molar-refractivity contribution in [2.45, 2.75) is 26.8 Å². The van der Waals surface area contributed by atoms with Crippen molar-refractivity contribution >= 4 is 71.2 Å². The number of fused-ring (bicyclic) bond motifs is 1. The van der Waals surface area contributed by atoms with Crippen LogP contribution in [0.15, 0.2) is 70.9 Å². The van der Waals surface area contributed by atoms with Crippen LogP contribution in [-0.2, 0) is 9.53 Å². The van der Waals surface area contributed by atoms with Crippen LogP contribution in [0.5, 0.6) is 5.75 Å². The van der Waals surface area contributed by atoms with Gasteiger partial charge in [-0.1, -0.05) is 55.3 Å². The van der Waals surface area contributed by atoms with E-state index in [4.69, 9.17) is 9.47 Å². The number of allylic oxidation sites excluding steroid dienone is 1. The molecule has 0 saturated carbocycles. The average molecular weight is 685 g/mol. The Bertz CT molecular complexity index is 1510. The Morgan fingerprint density at radius 1 is 1.11 bits per heavy atom. The van der Waals surface area contributed by atoms with Gasteiger partial charge in [-0.15, -0.1) is 0 Å². The van der Waals surface area contributed by atoms with Crippen molar-refractivity contribution in [3.63, 3.8) is 0 Å². The second-order valence-electron chi connectivity index (χ2n) is 7.59. The standard InChI is InChI=1S/C25H21Br3N2O4S/c1-4-33-22-15(10-17(27)12-18(22)28)11-19-23(31)30-21(14-6-8-16(26)9-7-14)20(24(32)34-5-2)13(3)29-25(30)35-19/h6-12,21H,4-5H2,1-3H3/t21-/m0/s1. The lowest BCUT2D eigenvalue weighted by molar-refractivity contribution is -0.139. The summed E-state index contributed by atoms with van der Waals surface area (Å²) in [5.74, 6) is 0.167. The molecule has 0 saturated heterocycles. The number of halogens is 3. The second kappa shape index (κ2) is 10.9. The fraction of sp³-hybridized carbons (Fsp3) is 0.240. The first kappa shape index (κ1) is 26.1. The highest BCUT2D eigenvalue weighted by atomic mass is 79.9. The van der Waals surface area contributed by atoms with Crippen molar-refractivity contribution in [3.05, 3.63) is 91.9 Å². The van der Waals surface area contributed by atoms with Crippen molar-refractivity contribution < 1.29 is 14.3 Å². The first-order valence-electron chi connectivity index (χ1n) is 10.8. The molecule has 0 bridgehead atoms. The van der Waals surface area contributed by atoms with Gasteiger partial charge in [0.25, 0.3) is 5.56 Å². The smallest absolute Gasteiger partial charge is 0.338 e. The van der Waals surface area contributed by atoms with Crippen LogP contribution >= 0.6 is 59.1 Å². The minimum absolute atomic E-state index is 0.227. The predicted octanol–water partition coefficient (Wildman–Crippen LogP) is 5.48. The Morgan fingerprint density at radius 2 is 1.83 bits per heavy atom. The monoisotopic (exact) mass is 682 g/mol. The summed E-state index contributed by atoms with van der Waals surface area (Å²) in [7, 11) is 0. The van der Waals surface area contributed by atoms with Crippen molar-refractivity contribution in [2.24, 2.45) is 4.99 Å². The van der Waals surface area contributed by atoms with E-state index in [1.54, 1.807) is 24.5 Å². The highest BCUT2D eigenvalue weighted by Crippen LogP contribution is 2.34. The molecule has 1 aromatic heterocycles. The number of hydrogen-bond donors (Lipinski definition) is 0. The second-order valence-corrected chi connectivity index (χ2v) is 11.3. The summed E-state index contributed by atoms with van der Waals surface area (Å²) in [6.45, 7) is 6.14. The number of nitrogens with zero attached hydrogens (tertiary/aromatic N) is 2. The molecule has 35 heavy (non-hydrogen) atoms. The van der Waals surface area contributed by atoms with E-state index in [1.807, 2.05) is 43.3 Å². The number of aromatic nitrogens is 1. The number of carbonyl (C=O) groups is 1. The predicted molar refractivity (Wildman–Crippen MR) is 148 cm³/mol. The Hall–Kier alpha value is -2.01. The van der Waals surface area contributed by atoms with Gasteiger partial charge in [-0.2, -0.15) is 0 Å². The van der Waals surface area contributed by atoms with Gasteiger partial charge in [-0.25, -0.2) is 9.79 Å². The van der Waals surface area contributed by atoms with E-state index in [1.165, 1.54) is 11.3 Å². The summed E-state index contributed by atoms with van der Waals surface area (Å²) in [4.78, 5) is 31.9. The van der Waals surface area contributed by atoms with Crippen LogP contribution in [-0.4, -0.2) is 23.8 Å². The molecule has 4 rings (SSSR count). The van der Waals surface area contributed by atoms with Gasteiger partial charge in [0.2, 0.25) is 0 Å². The molecule has 0 fully saturated rings. The zero-order valence-electron chi connectivity index (χ0n) is 19.1. The summed E-state index contributed by atoms with van der Waals surface area (Å²) in [6.07, 6.45) is 1.80. The van der Waals surface area contributed by atoms with Gasteiger partial charge in [0.05, 0.1) is 39.5 Å². The summed E-state index contributed by atoms with van der Waals surface area (Å²) in [5.41, 5.74) is 2.19. The first-order chi connectivity index (χ1) is 16.7. The number of carbonyl (C=O) groups excluding carboxylic acids is 1. The quantitative estimate of drug-likeness (QED) is 0.323. The zero-order valence-corrected chi connectivity index (χ0v) is 24.7. The largest absolute Gasteiger partial charge is 0.492 e. The normalized spacial score (nSPS) is 15.6. The van der Waals surface area contributed by atoms with Gasteiger partial charge < -0.3 is 9.47 Å². The molecular formula is C25H21Br3N2O4S. The van der Waals surface area contributed by atoms with E-state index < -0.39 is 12.0 Å². The lowest BCUT2D eigenvalue weighted by Crippen LogP contribution is -2.39. The van der Waals surface area contributed by atoms with E-state index in [9.17, 15) is 9.59 Å². The number of ether oxygens (including phenoxy) is 2. The van der Waals surface area contributed by atoms with Crippen LogP contribution < -0.4 is 19.6 Å². The Balaban J connectivity index is 1.97. The molecule has 0 amide bonds. The molecule has 0 unspecified atom stereocenters. The first-order valence-corrected chi connectivity index (χ1v) is 14.0. The van der Waals surface area contributed by atoms with E-state index in [0.717, 1.165) is 24.5 Å². The molecule has 6 nitrogen and oxygen atoms in total. The van der Waals surface area contributed by atoms with Gasteiger partial charge in [0.15, 0.2) is 4.80 Å². The van der Waals surface area contributed by atoms with Crippen molar-refractivity contribution in [2.75, 3.05) is 13.2 Å². The lowest BCUT2D eigenvalue weighted by Gasteiger charge is -2.24. The van der Waals surface area contributed by atoms with Crippen molar-refractivity contribution in [1.82, 2.24) is 4.57 Å². The number of esters is 1. The molecular weight excluding hydrogens is 664 g/mol. The molecule has 0 N–H and O–H groups in total. The molecule has 3 aromatic rings. The number of benzene rings is 2. The van der Waals surface area contributed by atoms with Crippen LogP contribution in [0.4, 0.5) is 0 Å². The summed E-state index contributed by atoms with van der Waals surface area (Å²) in [6, 6.07) is 10.7. The van der Waals surface area contributed by atoms with Crippen LogP contribution in [0, 0.1) is 0 Å². The third kappa shape index (κ3) is 5.26. The summed E-state index contributed by atoms with van der Waals surface area (Å²) >= 11 is 11.8. The molecule has 10 heteroatoms. The average Bonchev–Trinajstić information content (AvgIpc) is 3.10. The van der Waals surface area contributed by atoms with Crippen LogP contribution in [0.1, 0.15) is 37.9 Å². The van der Waals surface area contributed by atoms with Crippen molar-refractivity contribution in [1.29, 1.82) is 0 Å². The van der Waals surface area contributed by atoms with E-state index in [2.05, 4.69) is 52.8 Å². The SMILES string of the molecule is CCOC(=O)C1=C(C)N=c2sc(=Cc3cc(Br)cc(Br)c3OCC)c(=O)n2[C@H]1c1ccc(Br)cc1. The van der Waals surface area contributed by atoms with E-state index in [0.29, 0.717) is 33.0 Å². The van der Waals surface area contributed by atoms with Gasteiger partial charge in [-0.05, 0) is 72.6 Å². The van der Waals surface area contributed by atoms with Crippen LogP contribution in [0.25, 0.3) is 6.08 Å². The Labute approximate surface area is 231 Å². The fourth-order valence-electron chi connectivity index (χ4n) is 3.88. The maximum Gasteiger partial charge on any atom is 0.338 e. The van der Waals surface area contributed by atoms with Gasteiger partial charge >= 0.3 is 5.97 Å². The molecule has 1 aliphatic heterocycles. The number of hydrogen-bond acceptors (Lipinski definition) is 6. The summed E-state index contributed by atoms with van der Waals surface area (Å²) in [5, 5.41) is 0. The maximum atomic E-state index is 13.8. The molecule has 182 valence electrons. The Morgan fingerprint density at radius 3 is 2.49 bits per heavy atom. The minimum Gasteiger partial charge on any atom is -0.492 e. The van der Waals surface area contributed by atoms with Crippen LogP contribution in [0.3, 0.4) is 0 Å². The molecule has 0 spiro atoms. The number of thiazole rings is 1. The zero-order chi connectivity index (χ0) is 25.3. The highest BCUT2D eigenvalue weighted by molar-refractivity contribution is 9.11. The van der Waals surface area contributed by atoms with Gasteiger partial charge in [0, 0.05) is 14.5 Å². The van der Waals surface area contributed by atoms with Gasteiger partial charge in [0.1, 0.15) is 5.75 Å². The molecule has 0 aliphatic carbocycles. The van der Waals surface area contributed by atoms with Crippen molar-refractivity contribution in [3.8, 4) is 5.75 Å². The number of rotatable bonds is 6. The Kier molecular flexibility index (Phi) is 8.15. The molecule has 0 radical (unpaired) electrons. The summed E-state index contributed by atoms with van der Waals surface area (Å²) < 4.78 is 15.8.